The van der Waals surface area contributed by atoms with Crippen LogP contribution in [0, 0.1) is 0 Å². The number of thioether (sulfide) groups is 1. The Bertz CT molecular complexity index is 701. The fourth-order valence-corrected chi connectivity index (χ4v) is 2.82. The molecule has 1 amide bonds. The number of amides is 1. The largest absolute Gasteiger partial charge is 0.285 e. The van der Waals surface area contributed by atoms with Gasteiger partial charge < -0.3 is 0 Å². The number of nitrogens with zero attached hydrogens (tertiary/aromatic N) is 4. The molecule has 2 aromatic rings. The molecule has 110 valence electrons. The molecule has 0 spiro atoms. The van der Waals surface area contributed by atoms with Crippen LogP contribution in [-0.2, 0) is 11.3 Å². The summed E-state index contributed by atoms with van der Waals surface area (Å²) in [6, 6.07) is 13.6. The number of amidine groups is 1. The van der Waals surface area contributed by atoms with Crippen LogP contribution >= 0.6 is 11.8 Å². The highest BCUT2D eigenvalue weighted by molar-refractivity contribution is 8.15. The number of carbonyl (C=O) groups is 1. The van der Waals surface area contributed by atoms with E-state index in [4.69, 9.17) is 0 Å². The van der Waals surface area contributed by atoms with Gasteiger partial charge in [0, 0.05) is 12.4 Å². The molecule has 1 aromatic heterocycles. The smallest absolute Gasteiger partial charge is 0.239 e. The van der Waals surface area contributed by atoms with E-state index >= 15 is 0 Å². The highest BCUT2D eigenvalue weighted by Gasteiger charge is 2.28. The number of benzene rings is 1. The maximum Gasteiger partial charge on any atom is 0.239 e. The summed E-state index contributed by atoms with van der Waals surface area (Å²) >= 11 is 1.41. The molecule has 22 heavy (non-hydrogen) atoms. The summed E-state index contributed by atoms with van der Waals surface area (Å²) in [5, 5.41) is 8.89. The minimum atomic E-state index is 0.0618. The monoisotopic (exact) mass is 310 g/mol. The third-order valence-electron chi connectivity index (χ3n) is 3.10. The summed E-state index contributed by atoms with van der Waals surface area (Å²) in [7, 11) is 0. The first kappa shape index (κ1) is 14.5. The lowest BCUT2D eigenvalue weighted by Crippen LogP contribution is -2.28. The standard InChI is InChI=1S/C16H14N4OS/c21-15-12-22-16(19-18-10-13-6-8-17-9-7-13)20(15)11-14-4-2-1-3-5-14/h1-10H,11-12H2/b18-10+,19-16+. The van der Waals surface area contributed by atoms with E-state index in [9.17, 15) is 4.79 Å². The molecule has 0 aliphatic carbocycles. The fourth-order valence-electron chi connectivity index (χ4n) is 1.99. The Morgan fingerprint density at radius 3 is 2.73 bits per heavy atom. The summed E-state index contributed by atoms with van der Waals surface area (Å²) in [5.41, 5.74) is 1.99. The van der Waals surface area contributed by atoms with Gasteiger partial charge >= 0.3 is 0 Å². The van der Waals surface area contributed by atoms with E-state index in [0.29, 0.717) is 17.5 Å². The third kappa shape index (κ3) is 3.59. The van der Waals surface area contributed by atoms with E-state index in [1.807, 2.05) is 42.5 Å². The molecule has 0 radical (unpaired) electrons. The van der Waals surface area contributed by atoms with Gasteiger partial charge in [0.15, 0.2) is 5.17 Å². The van der Waals surface area contributed by atoms with Crippen LogP contribution in [0.5, 0.6) is 0 Å². The predicted molar refractivity (Wildman–Crippen MR) is 88.7 cm³/mol. The van der Waals surface area contributed by atoms with Gasteiger partial charge in [-0.2, -0.15) is 5.10 Å². The second kappa shape index (κ2) is 7.00. The van der Waals surface area contributed by atoms with Crippen LogP contribution in [0.1, 0.15) is 11.1 Å². The van der Waals surface area contributed by atoms with Crippen LogP contribution in [0.15, 0.2) is 65.1 Å². The molecular weight excluding hydrogens is 296 g/mol. The van der Waals surface area contributed by atoms with Crippen LogP contribution in [0.4, 0.5) is 0 Å². The molecule has 1 fully saturated rings. The molecule has 1 saturated heterocycles. The van der Waals surface area contributed by atoms with E-state index in [1.54, 1.807) is 23.5 Å². The lowest BCUT2D eigenvalue weighted by atomic mass is 10.2. The van der Waals surface area contributed by atoms with Crippen molar-refractivity contribution in [1.82, 2.24) is 9.88 Å². The SMILES string of the molecule is O=C1CS/C(=N/N=C/c2ccncc2)N1Cc1ccccc1. The number of hydrogen-bond donors (Lipinski definition) is 0. The van der Waals surface area contributed by atoms with E-state index in [0.717, 1.165) is 11.1 Å². The first-order valence-electron chi connectivity index (χ1n) is 6.81. The summed E-state index contributed by atoms with van der Waals surface area (Å²) in [6.45, 7) is 0.524. The average Bonchev–Trinajstić information content (AvgIpc) is 2.90. The molecule has 0 N–H and O–H groups in total. The van der Waals surface area contributed by atoms with Gasteiger partial charge in [0.25, 0.3) is 0 Å². The lowest BCUT2D eigenvalue weighted by molar-refractivity contribution is -0.124. The van der Waals surface area contributed by atoms with E-state index in [2.05, 4.69) is 15.2 Å². The fraction of sp³-hybridized carbons (Fsp3) is 0.125. The Morgan fingerprint density at radius 2 is 1.95 bits per heavy atom. The Kier molecular flexibility index (Phi) is 4.60. The lowest BCUT2D eigenvalue weighted by Gasteiger charge is -2.14. The third-order valence-corrected chi connectivity index (χ3v) is 4.05. The van der Waals surface area contributed by atoms with Crippen molar-refractivity contribution in [3.63, 3.8) is 0 Å². The van der Waals surface area contributed by atoms with Crippen molar-refractivity contribution >= 4 is 29.1 Å². The number of hydrogen-bond acceptors (Lipinski definition) is 5. The van der Waals surface area contributed by atoms with Crippen LogP contribution in [-0.4, -0.2) is 32.9 Å². The number of aromatic nitrogens is 1. The summed E-state index contributed by atoms with van der Waals surface area (Å²) in [4.78, 5) is 17.6. The molecule has 0 saturated carbocycles. The maximum absolute atomic E-state index is 12.0. The Labute approximate surface area is 132 Å². The van der Waals surface area contributed by atoms with Gasteiger partial charge in [0.05, 0.1) is 18.5 Å². The van der Waals surface area contributed by atoms with Gasteiger partial charge in [-0.05, 0) is 23.3 Å². The van der Waals surface area contributed by atoms with Crippen molar-refractivity contribution in [2.24, 2.45) is 10.2 Å². The van der Waals surface area contributed by atoms with Crippen LogP contribution in [0.2, 0.25) is 0 Å². The molecular formula is C16H14N4OS. The number of pyridine rings is 1. The number of rotatable bonds is 4. The normalized spacial score (nSPS) is 16.8. The van der Waals surface area contributed by atoms with Crippen LogP contribution < -0.4 is 0 Å². The molecule has 3 rings (SSSR count). The second-order valence-corrected chi connectivity index (χ2v) is 5.60. The van der Waals surface area contributed by atoms with Gasteiger partial charge in [0.2, 0.25) is 5.91 Å². The quantitative estimate of drug-likeness (QED) is 0.644. The van der Waals surface area contributed by atoms with Crippen molar-refractivity contribution in [2.75, 3.05) is 5.75 Å². The zero-order valence-corrected chi connectivity index (χ0v) is 12.6. The van der Waals surface area contributed by atoms with Gasteiger partial charge in [-0.1, -0.05) is 42.1 Å². The highest BCUT2D eigenvalue weighted by Crippen LogP contribution is 2.21. The first-order valence-corrected chi connectivity index (χ1v) is 7.79. The van der Waals surface area contributed by atoms with E-state index in [1.165, 1.54) is 11.8 Å². The maximum atomic E-state index is 12.0. The van der Waals surface area contributed by atoms with Crippen molar-refractivity contribution in [1.29, 1.82) is 0 Å². The topological polar surface area (TPSA) is 57.9 Å². The molecule has 1 aliphatic heterocycles. The van der Waals surface area contributed by atoms with E-state index < -0.39 is 0 Å². The molecule has 0 atom stereocenters. The minimum Gasteiger partial charge on any atom is -0.285 e. The molecule has 1 aliphatic rings. The molecule has 5 nitrogen and oxygen atoms in total. The van der Waals surface area contributed by atoms with Gasteiger partial charge in [-0.3, -0.25) is 14.7 Å². The molecule has 2 heterocycles. The Morgan fingerprint density at radius 1 is 1.18 bits per heavy atom. The van der Waals surface area contributed by atoms with Gasteiger partial charge in [0.1, 0.15) is 0 Å². The zero-order valence-electron chi connectivity index (χ0n) is 11.8. The zero-order chi connectivity index (χ0) is 15.2. The van der Waals surface area contributed by atoms with Gasteiger partial charge in [-0.25, -0.2) is 0 Å². The van der Waals surface area contributed by atoms with E-state index in [-0.39, 0.29) is 5.91 Å². The van der Waals surface area contributed by atoms with Crippen molar-refractivity contribution in [2.45, 2.75) is 6.54 Å². The molecule has 1 aromatic carbocycles. The highest BCUT2D eigenvalue weighted by atomic mass is 32.2. The second-order valence-electron chi connectivity index (χ2n) is 4.66. The minimum absolute atomic E-state index is 0.0618. The van der Waals surface area contributed by atoms with Crippen LogP contribution in [0.25, 0.3) is 0 Å². The molecule has 6 heteroatoms. The Balaban J connectivity index is 1.73. The first-order chi connectivity index (χ1) is 10.8. The predicted octanol–water partition coefficient (Wildman–Crippen LogP) is 2.55. The molecule has 0 unspecified atom stereocenters. The summed E-state index contributed by atoms with van der Waals surface area (Å²) in [6.07, 6.45) is 5.05. The average molecular weight is 310 g/mol. The summed E-state index contributed by atoms with van der Waals surface area (Å²) in [5.74, 6) is 0.475. The molecule has 0 bridgehead atoms. The van der Waals surface area contributed by atoms with Crippen molar-refractivity contribution < 1.29 is 4.79 Å². The van der Waals surface area contributed by atoms with Crippen molar-refractivity contribution in [3.05, 3.63) is 66.0 Å². The Hall–Kier alpha value is -2.47. The number of carbonyl (C=O) groups excluding carboxylic acids is 1. The van der Waals surface area contributed by atoms with Crippen LogP contribution in [0.3, 0.4) is 0 Å². The van der Waals surface area contributed by atoms with Crippen molar-refractivity contribution in [3.8, 4) is 0 Å². The van der Waals surface area contributed by atoms with Gasteiger partial charge in [-0.15, -0.1) is 5.10 Å². The summed E-state index contributed by atoms with van der Waals surface area (Å²) < 4.78 is 0.